The van der Waals surface area contributed by atoms with Crippen LogP contribution in [0.1, 0.15) is 12.5 Å². The van der Waals surface area contributed by atoms with Gasteiger partial charge in [-0.25, -0.2) is 4.39 Å². The predicted molar refractivity (Wildman–Crippen MR) is 43.4 cm³/mol. The average molecular weight is 170 g/mol. The number of aliphatic hydroxyl groups excluding tert-OH is 1. The van der Waals surface area contributed by atoms with Gasteiger partial charge >= 0.3 is 0 Å². The molecule has 0 heterocycles. The van der Waals surface area contributed by atoms with E-state index in [0.29, 0.717) is 5.56 Å². The molecular weight excluding hydrogens is 159 g/mol. The molecule has 0 aliphatic heterocycles. The third kappa shape index (κ3) is 1.95. The van der Waals surface area contributed by atoms with E-state index in [1.165, 1.54) is 12.1 Å². The smallest absolute Gasteiger partial charge is 0.165 e. The maximum absolute atomic E-state index is 12.7. The highest BCUT2D eigenvalue weighted by Gasteiger charge is 2.07. The van der Waals surface area contributed by atoms with E-state index >= 15 is 0 Å². The van der Waals surface area contributed by atoms with Crippen molar-refractivity contribution in [2.45, 2.75) is 19.4 Å². The fourth-order valence-corrected chi connectivity index (χ4v) is 1.04. The number of hydrogen-bond donors (Lipinski definition) is 2. The summed E-state index contributed by atoms with van der Waals surface area (Å²) in [7, 11) is 0. The molecule has 1 rings (SSSR count). The highest BCUT2D eigenvalue weighted by Crippen LogP contribution is 2.21. The summed E-state index contributed by atoms with van der Waals surface area (Å²) in [6.45, 7) is 1.59. The lowest BCUT2D eigenvalue weighted by Gasteiger charge is -2.06. The molecule has 0 radical (unpaired) electrons. The minimum absolute atomic E-state index is 0.267. The Morgan fingerprint density at radius 3 is 2.75 bits per heavy atom. The van der Waals surface area contributed by atoms with Gasteiger partial charge in [0.25, 0.3) is 0 Å². The number of phenols is 1. The second-order valence-corrected chi connectivity index (χ2v) is 2.80. The van der Waals surface area contributed by atoms with E-state index in [1.807, 2.05) is 0 Å². The van der Waals surface area contributed by atoms with Crippen molar-refractivity contribution in [3.05, 3.63) is 29.6 Å². The van der Waals surface area contributed by atoms with Crippen molar-refractivity contribution in [2.75, 3.05) is 0 Å². The summed E-state index contributed by atoms with van der Waals surface area (Å²) in [5.41, 5.74) is 0.435. The van der Waals surface area contributed by atoms with Crippen LogP contribution >= 0.6 is 0 Å². The van der Waals surface area contributed by atoms with Crippen molar-refractivity contribution in [1.29, 1.82) is 0 Å². The van der Waals surface area contributed by atoms with Gasteiger partial charge in [0.05, 0.1) is 6.10 Å². The van der Waals surface area contributed by atoms with Crippen molar-refractivity contribution in [3.8, 4) is 5.75 Å². The number of hydrogen-bond acceptors (Lipinski definition) is 2. The molecule has 2 nitrogen and oxygen atoms in total. The number of aromatic hydroxyl groups is 1. The van der Waals surface area contributed by atoms with E-state index in [-0.39, 0.29) is 12.2 Å². The molecule has 1 aromatic rings. The normalized spacial score (nSPS) is 12.9. The molecule has 1 aromatic carbocycles. The molecule has 3 heteroatoms. The minimum atomic E-state index is -0.645. The van der Waals surface area contributed by atoms with Gasteiger partial charge in [0.1, 0.15) is 0 Å². The summed E-state index contributed by atoms with van der Waals surface area (Å²) in [4.78, 5) is 0. The molecule has 0 amide bonds. The lowest BCUT2D eigenvalue weighted by atomic mass is 10.1. The summed E-state index contributed by atoms with van der Waals surface area (Å²) in [6.07, 6.45) is -0.304. The van der Waals surface area contributed by atoms with Crippen LogP contribution in [-0.2, 0) is 6.42 Å². The highest BCUT2D eigenvalue weighted by atomic mass is 19.1. The number of benzene rings is 1. The van der Waals surface area contributed by atoms with Crippen LogP contribution in [0.25, 0.3) is 0 Å². The molecule has 66 valence electrons. The third-order valence-electron chi connectivity index (χ3n) is 1.59. The summed E-state index contributed by atoms with van der Waals surface area (Å²) in [6, 6.07) is 4.28. The fourth-order valence-electron chi connectivity index (χ4n) is 1.04. The Morgan fingerprint density at radius 2 is 2.17 bits per heavy atom. The number of phenolic OH excluding ortho intramolecular Hbond substituents is 1. The van der Waals surface area contributed by atoms with E-state index < -0.39 is 11.9 Å². The summed E-state index contributed by atoms with van der Waals surface area (Å²) in [5.74, 6) is -1.01. The third-order valence-corrected chi connectivity index (χ3v) is 1.59. The van der Waals surface area contributed by atoms with E-state index in [2.05, 4.69) is 0 Å². The SMILES string of the molecule is C[C@H](O)Cc1cccc(F)c1O. The van der Waals surface area contributed by atoms with Gasteiger partial charge in [-0.3, -0.25) is 0 Å². The Balaban J connectivity index is 2.92. The Bertz CT molecular complexity index is 271. The summed E-state index contributed by atoms with van der Waals surface area (Å²) in [5, 5.41) is 18.1. The molecule has 0 bridgehead atoms. The van der Waals surface area contributed by atoms with Gasteiger partial charge in [-0.2, -0.15) is 0 Å². The molecule has 0 aliphatic rings. The molecule has 12 heavy (non-hydrogen) atoms. The van der Waals surface area contributed by atoms with Crippen molar-refractivity contribution in [2.24, 2.45) is 0 Å². The van der Waals surface area contributed by atoms with Crippen molar-refractivity contribution in [1.82, 2.24) is 0 Å². The van der Waals surface area contributed by atoms with Crippen LogP contribution in [0, 0.1) is 5.82 Å². The fraction of sp³-hybridized carbons (Fsp3) is 0.333. The van der Waals surface area contributed by atoms with Crippen LogP contribution in [0.2, 0.25) is 0 Å². The second-order valence-electron chi connectivity index (χ2n) is 2.80. The minimum Gasteiger partial charge on any atom is -0.505 e. The molecule has 0 unspecified atom stereocenters. The van der Waals surface area contributed by atoms with Gasteiger partial charge in [0.2, 0.25) is 0 Å². The molecule has 0 aromatic heterocycles. The maximum atomic E-state index is 12.7. The van der Waals surface area contributed by atoms with E-state index in [9.17, 15) is 4.39 Å². The van der Waals surface area contributed by atoms with Crippen LogP contribution in [0.4, 0.5) is 4.39 Å². The standard InChI is InChI=1S/C9H11FO2/c1-6(11)5-7-3-2-4-8(10)9(7)12/h2-4,6,11-12H,5H2,1H3/t6-/m0/s1. The molecule has 0 saturated heterocycles. The Hall–Kier alpha value is -1.09. The van der Waals surface area contributed by atoms with E-state index in [1.54, 1.807) is 13.0 Å². The topological polar surface area (TPSA) is 40.5 Å². The quantitative estimate of drug-likeness (QED) is 0.705. The Kier molecular flexibility index (Phi) is 2.65. The molecule has 0 fully saturated rings. The van der Waals surface area contributed by atoms with Crippen LogP contribution in [0.3, 0.4) is 0 Å². The van der Waals surface area contributed by atoms with Gasteiger partial charge in [0.15, 0.2) is 11.6 Å². The summed E-state index contributed by atoms with van der Waals surface area (Å²) < 4.78 is 12.7. The van der Waals surface area contributed by atoms with Crippen LogP contribution in [-0.4, -0.2) is 16.3 Å². The van der Waals surface area contributed by atoms with E-state index in [0.717, 1.165) is 0 Å². The average Bonchev–Trinajstić information content (AvgIpc) is 1.98. The highest BCUT2D eigenvalue weighted by molar-refractivity contribution is 5.33. The molecular formula is C9H11FO2. The predicted octanol–water partition coefficient (Wildman–Crippen LogP) is 1.45. The van der Waals surface area contributed by atoms with E-state index in [4.69, 9.17) is 10.2 Å². The molecule has 2 N–H and O–H groups in total. The maximum Gasteiger partial charge on any atom is 0.165 e. The number of halogens is 1. The molecule has 0 spiro atoms. The van der Waals surface area contributed by atoms with Crippen LogP contribution in [0.5, 0.6) is 5.75 Å². The lowest BCUT2D eigenvalue weighted by molar-refractivity contribution is 0.194. The zero-order valence-corrected chi connectivity index (χ0v) is 6.79. The Morgan fingerprint density at radius 1 is 1.50 bits per heavy atom. The lowest BCUT2D eigenvalue weighted by Crippen LogP contribution is -2.04. The van der Waals surface area contributed by atoms with Crippen molar-refractivity contribution in [3.63, 3.8) is 0 Å². The largest absolute Gasteiger partial charge is 0.505 e. The zero-order valence-electron chi connectivity index (χ0n) is 6.79. The van der Waals surface area contributed by atoms with Gasteiger partial charge in [-0.1, -0.05) is 12.1 Å². The first-order valence-electron chi connectivity index (χ1n) is 3.75. The monoisotopic (exact) mass is 170 g/mol. The molecule has 0 saturated carbocycles. The molecule has 1 atom stereocenters. The van der Waals surface area contributed by atoms with Gasteiger partial charge in [0, 0.05) is 6.42 Å². The van der Waals surface area contributed by atoms with Crippen LogP contribution < -0.4 is 0 Å². The van der Waals surface area contributed by atoms with Gasteiger partial charge in [-0.15, -0.1) is 0 Å². The first-order chi connectivity index (χ1) is 5.61. The Labute approximate surface area is 70.3 Å². The first-order valence-corrected chi connectivity index (χ1v) is 3.75. The number of aliphatic hydroxyl groups is 1. The second kappa shape index (κ2) is 3.54. The summed E-state index contributed by atoms with van der Waals surface area (Å²) >= 11 is 0. The van der Waals surface area contributed by atoms with Gasteiger partial charge in [-0.05, 0) is 18.6 Å². The number of para-hydroxylation sites is 1. The van der Waals surface area contributed by atoms with Crippen LogP contribution in [0.15, 0.2) is 18.2 Å². The van der Waals surface area contributed by atoms with Gasteiger partial charge < -0.3 is 10.2 Å². The zero-order chi connectivity index (χ0) is 9.14. The number of rotatable bonds is 2. The first kappa shape index (κ1) is 9.00. The van der Waals surface area contributed by atoms with Crippen molar-refractivity contribution < 1.29 is 14.6 Å². The molecule has 0 aliphatic carbocycles. The van der Waals surface area contributed by atoms with Crippen molar-refractivity contribution >= 4 is 0 Å².